The van der Waals surface area contributed by atoms with Gasteiger partial charge in [-0.05, 0) is 59.9 Å². The number of aldehydes is 1. The van der Waals surface area contributed by atoms with E-state index >= 15 is 4.79 Å². The number of carbonyl (C=O) groups excluding carboxylic acids is 12. The van der Waals surface area contributed by atoms with Crippen LogP contribution in [0.15, 0.2) is 47.5 Å². The molecule has 29 nitrogen and oxygen atoms in total. The van der Waals surface area contributed by atoms with E-state index in [4.69, 9.17) is 10.5 Å². The molecule has 2 fully saturated rings. The summed E-state index contributed by atoms with van der Waals surface area (Å²) in [5, 5.41) is 59.2. The maximum absolute atomic E-state index is 15.0. The second-order valence-electron chi connectivity index (χ2n) is 22.2. The summed E-state index contributed by atoms with van der Waals surface area (Å²) in [7, 11) is 0. The number of hydrogen-bond acceptors (Lipinski definition) is 18. The topological polar surface area (TPSA) is 440 Å². The highest BCUT2D eigenvalue weighted by Crippen LogP contribution is 2.34. The second kappa shape index (κ2) is 32.7. The fraction of sp³-hybridized carbons (Fsp3) is 0.552. The van der Waals surface area contributed by atoms with E-state index in [1.807, 2.05) is 6.92 Å². The largest absolute Gasteiger partial charge is 0.489 e. The third-order valence-corrected chi connectivity index (χ3v) is 16.1. The van der Waals surface area contributed by atoms with Crippen LogP contribution in [0.1, 0.15) is 92.2 Å². The van der Waals surface area contributed by atoms with Crippen molar-refractivity contribution < 1.29 is 77.6 Å². The van der Waals surface area contributed by atoms with Gasteiger partial charge in [0.2, 0.25) is 65.0 Å². The normalized spacial score (nSPS) is 22.9. The Morgan fingerprint density at radius 2 is 1.48 bits per heavy atom. The molecule has 11 amide bonds. The zero-order valence-corrected chi connectivity index (χ0v) is 51.4. The summed E-state index contributed by atoms with van der Waals surface area (Å²) < 4.78 is 6.19. The van der Waals surface area contributed by atoms with Crippen LogP contribution in [-0.4, -0.2) is 189 Å². The summed E-state index contributed by atoms with van der Waals surface area (Å²) in [6.45, 7) is 9.76. The Morgan fingerprint density at radius 3 is 2.10 bits per heavy atom. The second-order valence-corrected chi connectivity index (χ2v) is 23.5. The van der Waals surface area contributed by atoms with Crippen molar-refractivity contribution in [1.82, 2.24) is 57.7 Å². The Bertz CT molecular complexity index is 3040. The lowest BCUT2D eigenvalue weighted by Gasteiger charge is -2.40. The lowest BCUT2D eigenvalue weighted by Crippen LogP contribution is -2.68. The summed E-state index contributed by atoms with van der Waals surface area (Å²) in [6.07, 6.45) is -4.09. The molecule has 88 heavy (non-hydrogen) atoms. The minimum Gasteiger partial charge on any atom is -0.489 e. The third kappa shape index (κ3) is 19.2. The number of hydrogen-bond donors (Lipinski definition) is 15. The molecule has 0 aliphatic carbocycles. The van der Waals surface area contributed by atoms with Gasteiger partial charge in [0.1, 0.15) is 42.6 Å². The van der Waals surface area contributed by atoms with Crippen molar-refractivity contribution in [2.45, 2.75) is 153 Å². The van der Waals surface area contributed by atoms with E-state index in [1.54, 1.807) is 77.1 Å². The van der Waals surface area contributed by atoms with Gasteiger partial charge in [0.15, 0.2) is 11.9 Å². The lowest BCUT2D eigenvalue weighted by molar-refractivity contribution is -0.147. The van der Waals surface area contributed by atoms with Gasteiger partial charge in [-0.2, -0.15) is 0 Å². The zero-order valence-electron chi connectivity index (χ0n) is 50.5. The molecule has 16 N–H and O–H groups in total. The molecule has 0 bridgehead atoms. The number of aromatic amines is 1. The zero-order chi connectivity index (χ0) is 65.2. The smallest absolute Gasteiger partial charge is 0.247 e. The molecule has 30 heteroatoms. The van der Waals surface area contributed by atoms with E-state index in [9.17, 15) is 68.1 Å². The highest BCUT2D eigenvalue weighted by atomic mass is 32.2. The SMILES string of the molecule is CCSc1[nH]c2cc(OCc3ccc(NC(=O)[C@H](C)NC(=O)[C@@H](NC(=O)CC)C(C)C)cc3)ccc2c1CC1NC(=O)[C@H]([C@@H](C)[C@@H](O)CO)N[C@@]2(C=O)C[C@@H](O)CN2C(=O)[C@H](CC(N)=O)NC(=O)CNC(=O)CNC(=O)[C@H]([C@@H](C)CC)NC(=O)CNC1=O. The number of carbonyl (C=O) groups is 12. The minimum absolute atomic E-state index is 0.0809. The molecule has 0 saturated carbocycles. The molecule has 482 valence electrons. The number of thioether (sulfide) groups is 1. The van der Waals surface area contributed by atoms with Crippen molar-refractivity contribution in [2.24, 2.45) is 23.5 Å². The molecule has 2 saturated heterocycles. The minimum atomic E-state index is -2.33. The van der Waals surface area contributed by atoms with E-state index in [1.165, 1.54) is 25.6 Å². The number of aromatic nitrogens is 1. The van der Waals surface area contributed by atoms with Gasteiger partial charge in [-0.3, -0.25) is 62.9 Å². The first-order valence-electron chi connectivity index (χ1n) is 29.1. The first-order valence-corrected chi connectivity index (χ1v) is 30.1. The Balaban J connectivity index is 1.47. The number of nitrogens with zero attached hydrogens (tertiary/aromatic N) is 1. The summed E-state index contributed by atoms with van der Waals surface area (Å²) in [6, 6.07) is 3.76. The molecule has 3 heterocycles. The van der Waals surface area contributed by atoms with Crippen LogP contribution in [0.3, 0.4) is 0 Å². The Kier molecular flexibility index (Phi) is 26.2. The first-order chi connectivity index (χ1) is 41.7. The molecule has 0 spiro atoms. The predicted octanol–water partition coefficient (Wildman–Crippen LogP) is -2.43. The highest BCUT2D eigenvalue weighted by molar-refractivity contribution is 7.99. The molecule has 2 aromatic carbocycles. The van der Waals surface area contributed by atoms with E-state index in [-0.39, 0.29) is 37.6 Å². The molecule has 11 atom stereocenters. The monoisotopic (exact) mass is 1250 g/mol. The van der Waals surface area contributed by atoms with E-state index in [0.717, 1.165) is 10.5 Å². The number of fused-ring (bicyclic) bond motifs is 2. The van der Waals surface area contributed by atoms with Crippen molar-refractivity contribution in [1.29, 1.82) is 0 Å². The molecular weight excluding hydrogens is 1170 g/mol. The van der Waals surface area contributed by atoms with Crippen LogP contribution in [0.5, 0.6) is 5.75 Å². The van der Waals surface area contributed by atoms with Crippen molar-refractivity contribution in [3.05, 3.63) is 53.6 Å². The van der Waals surface area contributed by atoms with Crippen LogP contribution in [0.25, 0.3) is 10.9 Å². The molecule has 2 aliphatic rings. The Labute approximate surface area is 513 Å². The van der Waals surface area contributed by atoms with Gasteiger partial charge in [0, 0.05) is 48.9 Å². The van der Waals surface area contributed by atoms with E-state index in [0.29, 0.717) is 45.1 Å². The Hall–Kier alpha value is -8.19. The van der Waals surface area contributed by atoms with Crippen LogP contribution in [0.4, 0.5) is 5.69 Å². The summed E-state index contributed by atoms with van der Waals surface area (Å²) in [5.74, 6) is -10.1. The van der Waals surface area contributed by atoms with Gasteiger partial charge in [0.05, 0.1) is 61.5 Å². The predicted molar refractivity (Wildman–Crippen MR) is 321 cm³/mol. The number of primary amides is 1. The van der Waals surface area contributed by atoms with Crippen LogP contribution >= 0.6 is 11.8 Å². The molecule has 5 rings (SSSR count). The number of nitrogens with one attached hydrogen (secondary N) is 11. The first kappa shape index (κ1) is 70.6. The number of amides is 11. The van der Waals surface area contributed by atoms with Crippen molar-refractivity contribution >= 4 is 99.6 Å². The molecule has 0 radical (unpaired) electrons. The number of anilines is 1. The molecule has 1 aromatic heterocycles. The molecule has 3 aromatic rings. The van der Waals surface area contributed by atoms with Gasteiger partial charge in [0.25, 0.3) is 0 Å². The Morgan fingerprint density at radius 1 is 0.818 bits per heavy atom. The fourth-order valence-corrected chi connectivity index (χ4v) is 10.7. The lowest BCUT2D eigenvalue weighted by atomic mass is 9.92. The standard InChI is InChI=1S/C58H83N13O16S/c1-9-30(6)49-53(83)62-22-45(78)60-23-46(79)65-41(20-43(59)76)57(86)71-25-35(74)21-58(71,28-73)70-50(31(7)42(75)26-72)55(85)66-40(52(82)61-24-47(80)69-49)19-38-37-17-16-36(18-39(37)67-56(38)88-11-3)87-27-33-12-14-34(15-13-33)64-51(81)32(8)63-54(84)48(29(4)5)68-44(77)10-2/h12-18,28-32,35,40-42,48-50,67,70,72,74-75H,9-11,19-27H2,1-8H3,(H2,59,76)(H,60,78)(H,61,82)(H,62,83)(H,63,84)(H,64,81)(H,65,79)(H,66,85)(H,68,77)(H,69,80)/t30-,31-,32-,35+,40?,41-,42-,48-,49-,50-,58-/m0/s1. The fourth-order valence-electron chi connectivity index (χ4n) is 9.87. The quantitative estimate of drug-likeness (QED) is 0.0367. The highest BCUT2D eigenvalue weighted by Gasteiger charge is 2.52. The van der Waals surface area contributed by atoms with E-state index in [2.05, 4.69) is 58.2 Å². The number of nitrogens with two attached hydrogens (primary N) is 1. The van der Waals surface area contributed by atoms with Crippen molar-refractivity contribution in [3.8, 4) is 5.75 Å². The maximum atomic E-state index is 15.0. The van der Waals surface area contributed by atoms with Crippen LogP contribution in [-0.2, 0) is 70.6 Å². The van der Waals surface area contributed by atoms with Crippen molar-refractivity contribution in [2.75, 3.05) is 43.9 Å². The van der Waals surface area contributed by atoms with Gasteiger partial charge in [-0.1, -0.05) is 67.0 Å². The average Bonchev–Trinajstić information content (AvgIpc) is 2.47. The van der Waals surface area contributed by atoms with Crippen molar-refractivity contribution in [3.63, 3.8) is 0 Å². The van der Waals surface area contributed by atoms with Crippen LogP contribution in [0, 0.1) is 17.8 Å². The third-order valence-electron chi connectivity index (χ3n) is 15.2. The number of ether oxygens (including phenoxy) is 1. The van der Waals surface area contributed by atoms with Crippen LogP contribution in [0.2, 0.25) is 0 Å². The van der Waals surface area contributed by atoms with E-state index < -0.39 is 171 Å². The number of benzene rings is 2. The average molecular weight is 1250 g/mol. The summed E-state index contributed by atoms with van der Waals surface area (Å²) >= 11 is 1.37. The number of rotatable bonds is 22. The van der Waals surface area contributed by atoms with Gasteiger partial charge in [-0.15, -0.1) is 11.8 Å². The van der Waals surface area contributed by atoms with Crippen LogP contribution < -0.4 is 63.6 Å². The summed E-state index contributed by atoms with van der Waals surface area (Å²) in [4.78, 5) is 165. The maximum Gasteiger partial charge on any atom is 0.247 e. The summed E-state index contributed by atoms with van der Waals surface area (Å²) in [5.41, 5.74) is 5.38. The molecule has 2 aliphatic heterocycles. The van der Waals surface area contributed by atoms with Gasteiger partial charge in [-0.25, -0.2) is 0 Å². The molecular formula is C58H83N13O16S. The number of aliphatic hydroxyl groups is 3. The number of aliphatic hydroxyl groups excluding tert-OH is 3. The molecule has 1 unspecified atom stereocenters. The number of H-pyrrole nitrogens is 1. The van der Waals surface area contributed by atoms with Gasteiger partial charge >= 0.3 is 0 Å². The van der Waals surface area contributed by atoms with Gasteiger partial charge < -0.3 is 83.5 Å².